The summed E-state index contributed by atoms with van der Waals surface area (Å²) >= 11 is 0. The number of rotatable bonds is 4. The molecule has 3 aromatic rings. The Labute approximate surface area is 137 Å². The van der Waals surface area contributed by atoms with Gasteiger partial charge in [0.25, 0.3) is 5.91 Å². The molecule has 24 heavy (non-hydrogen) atoms. The summed E-state index contributed by atoms with van der Waals surface area (Å²) in [7, 11) is 0. The Morgan fingerprint density at radius 2 is 1.58 bits per heavy atom. The lowest BCUT2D eigenvalue weighted by molar-refractivity contribution is 0.102. The quantitative estimate of drug-likeness (QED) is 0.749. The fourth-order valence-electron chi connectivity index (χ4n) is 2.06. The number of pyridine rings is 1. The van der Waals surface area contributed by atoms with E-state index in [-0.39, 0.29) is 11.6 Å². The lowest BCUT2D eigenvalue weighted by Crippen LogP contribution is -2.13. The lowest BCUT2D eigenvalue weighted by atomic mass is 10.2. The number of amides is 1. The van der Waals surface area contributed by atoms with Crippen molar-refractivity contribution in [3.63, 3.8) is 0 Å². The molecule has 0 unspecified atom stereocenters. The van der Waals surface area contributed by atoms with E-state index in [1.165, 1.54) is 12.3 Å². The van der Waals surface area contributed by atoms with Crippen molar-refractivity contribution in [2.75, 3.05) is 10.6 Å². The molecule has 0 aliphatic heterocycles. The van der Waals surface area contributed by atoms with Gasteiger partial charge in [0.05, 0.1) is 11.9 Å². The van der Waals surface area contributed by atoms with Crippen LogP contribution in [0.3, 0.4) is 0 Å². The third kappa shape index (κ3) is 3.73. The maximum atomic E-state index is 13.2. The van der Waals surface area contributed by atoms with Crippen LogP contribution in [0.5, 0.6) is 0 Å². The highest BCUT2D eigenvalue weighted by atomic mass is 19.2. The average Bonchev–Trinajstić information content (AvgIpc) is 2.60. The molecule has 1 heterocycles. The Kier molecular flexibility index (Phi) is 4.47. The zero-order valence-corrected chi connectivity index (χ0v) is 12.5. The largest absolute Gasteiger partial charge is 0.354 e. The molecule has 0 fully saturated rings. The summed E-state index contributed by atoms with van der Waals surface area (Å²) < 4.78 is 26.1. The summed E-state index contributed by atoms with van der Waals surface area (Å²) in [5.41, 5.74) is 1.86. The van der Waals surface area contributed by atoms with Crippen LogP contribution in [0.2, 0.25) is 0 Å². The Morgan fingerprint density at radius 3 is 2.25 bits per heavy atom. The minimum Gasteiger partial charge on any atom is -0.354 e. The van der Waals surface area contributed by atoms with Gasteiger partial charge in [0, 0.05) is 17.4 Å². The molecule has 2 N–H and O–H groups in total. The summed E-state index contributed by atoms with van der Waals surface area (Å²) in [6.07, 6.45) is 1.45. The first-order chi connectivity index (χ1) is 11.6. The van der Waals surface area contributed by atoms with Crippen LogP contribution in [0.1, 0.15) is 10.5 Å². The first-order valence-electron chi connectivity index (χ1n) is 7.16. The van der Waals surface area contributed by atoms with Crippen molar-refractivity contribution in [2.45, 2.75) is 0 Å². The molecule has 0 spiro atoms. The maximum absolute atomic E-state index is 13.2. The van der Waals surface area contributed by atoms with E-state index in [0.717, 1.165) is 12.1 Å². The van der Waals surface area contributed by atoms with Gasteiger partial charge in [0.15, 0.2) is 11.6 Å². The predicted molar refractivity (Wildman–Crippen MR) is 88.3 cm³/mol. The molecule has 0 radical (unpaired) electrons. The second-order valence-electron chi connectivity index (χ2n) is 5.01. The standard InChI is InChI=1S/C18H13F2N3O/c19-15-8-6-13(10-16(15)20)22-14-7-9-17(21-11-14)18(24)23-12-4-2-1-3-5-12/h1-11,22H,(H,23,24). The van der Waals surface area contributed by atoms with Gasteiger partial charge in [-0.1, -0.05) is 18.2 Å². The molecule has 1 amide bonds. The van der Waals surface area contributed by atoms with Crippen LogP contribution < -0.4 is 10.6 Å². The van der Waals surface area contributed by atoms with E-state index in [2.05, 4.69) is 15.6 Å². The van der Waals surface area contributed by atoms with Crippen LogP contribution in [-0.4, -0.2) is 10.9 Å². The van der Waals surface area contributed by atoms with Crippen molar-refractivity contribution < 1.29 is 13.6 Å². The minimum atomic E-state index is -0.938. The van der Waals surface area contributed by atoms with Crippen LogP contribution in [0, 0.1) is 11.6 Å². The highest BCUT2D eigenvalue weighted by molar-refractivity contribution is 6.02. The number of carbonyl (C=O) groups is 1. The summed E-state index contributed by atoms with van der Waals surface area (Å²) in [5.74, 6) is -2.18. The van der Waals surface area contributed by atoms with Crippen molar-refractivity contribution in [3.8, 4) is 0 Å². The van der Waals surface area contributed by atoms with E-state index in [1.54, 1.807) is 24.3 Å². The molecular formula is C18H13F2N3O. The van der Waals surface area contributed by atoms with Gasteiger partial charge < -0.3 is 10.6 Å². The monoisotopic (exact) mass is 325 g/mol. The minimum absolute atomic E-state index is 0.245. The highest BCUT2D eigenvalue weighted by Gasteiger charge is 2.08. The fourth-order valence-corrected chi connectivity index (χ4v) is 2.06. The van der Waals surface area contributed by atoms with Crippen LogP contribution in [0.15, 0.2) is 66.9 Å². The zero-order chi connectivity index (χ0) is 16.9. The SMILES string of the molecule is O=C(Nc1ccccc1)c1ccc(Nc2ccc(F)c(F)c2)cn1. The Morgan fingerprint density at radius 1 is 0.833 bits per heavy atom. The molecule has 0 bridgehead atoms. The smallest absolute Gasteiger partial charge is 0.274 e. The third-order valence-corrected chi connectivity index (χ3v) is 3.24. The summed E-state index contributed by atoms with van der Waals surface area (Å²) in [6, 6.07) is 15.7. The molecule has 0 saturated carbocycles. The number of carbonyl (C=O) groups excluding carboxylic acids is 1. The molecule has 120 valence electrons. The second kappa shape index (κ2) is 6.87. The molecule has 3 rings (SSSR count). The van der Waals surface area contributed by atoms with Crippen LogP contribution in [0.4, 0.5) is 25.8 Å². The maximum Gasteiger partial charge on any atom is 0.274 e. The van der Waals surface area contributed by atoms with Gasteiger partial charge in [-0.2, -0.15) is 0 Å². The number of halogens is 2. The van der Waals surface area contributed by atoms with Crippen molar-refractivity contribution in [3.05, 3.63) is 84.2 Å². The van der Waals surface area contributed by atoms with Gasteiger partial charge in [-0.3, -0.25) is 4.79 Å². The number of para-hydroxylation sites is 1. The number of hydrogen-bond donors (Lipinski definition) is 2. The van der Waals surface area contributed by atoms with Gasteiger partial charge in [-0.15, -0.1) is 0 Å². The number of nitrogens with zero attached hydrogens (tertiary/aromatic N) is 1. The van der Waals surface area contributed by atoms with E-state index in [1.807, 2.05) is 18.2 Å². The highest BCUT2D eigenvalue weighted by Crippen LogP contribution is 2.18. The summed E-state index contributed by atoms with van der Waals surface area (Å²) in [5, 5.41) is 5.61. The van der Waals surface area contributed by atoms with E-state index >= 15 is 0 Å². The van der Waals surface area contributed by atoms with Gasteiger partial charge in [-0.25, -0.2) is 13.8 Å². The zero-order valence-electron chi connectivity index (χ0n) is 12.5. The van der Waals surface area contributed by atoms with E-state index in [0.29, 0.717) is 17.1 Å². The summed E-state index contributed by atoms with van der Waals surface area (Å²) in [4.78, 5) is 16.1. The number of benzene rings is 2. The van der Waals surface area contributed by atoms with Gasteiger partial charge in [0.1, 0.15) is 5.69 Å². The molecule has 0 aliphatic carbocycles. The van der Waals surface area contributed by atoms with Crippen LogP contribution in [-0.2, 0) is 0 Å². The van der Waals surface area contributed by atoms with Crippen molar-refractivity contribution in [2.24, 2.45) is 0 Å². The molecule has 6 heteroatoms. The topological polar surface area (TPSA) is 54.0 Å². The van der Waals surface area contributed by atoms with E-state index < -0.39 is 11.6 Å². The van der Waals surface area contributed by atoms with Crippen LogP contribution >= 0.6 is 0 Å². The molecule has 0 atom stereocenters. The van der Waals surface area contributed by atoms with E-state index in [4.69, 9.17) is 0 Å². The molecule has 4 nitrogen and oxygen atoms in total. The molecule has 1 aromatic heterocycles. The fraction of sp³-hybridized carbons (Fsp3) is 0. The Balaban J connectivity index is 1.68. The molecule has 0 aliphatic rings. The van der Waals surface area contributed by atoms with Crippen LogP contribution in [0.25, 0.3) is 0 Å². The van der Waals surface area contributed by atoms with Gasteiger partial charge in [0.2, 0.25) is 0 Å². The number of hydrogen-bond acceptors (Lipinski definition) is 3. The first-order valence-corrected chi connectivity index (χ1v) is 7.16. The third-order valence-electron chi connectivity index (χ3n) is 3.24. The average molecular weight is 325 g/mol. The molecule has 0 saturated heterocycles. The lowest BCUT2D eigenvalue weighted by Gasteiger charge is -2.08. The normalized spacial score (nSPS) is 10.2. The van der Waals surface area contributed by atoms with Crippen molar-refractivity contribution in [1.82, 2.24) is 4.98 Å². The number of aromatic nitrogens is 1. The predicted octanol–water partition coefficient (Wildman–Crippen LogP) is 4.36. The van der Waals surface area contributed by atoms with Crippen molar-refractivity contribution in [1.29, 1.82) is 0 Å². The Hall–Kier alpha value is -3.28. The van der Waals surface area contributed by atoms with Gasteiger partial charge >= 0.3 is 0 Å². The van der Waals surface area contributed by atoms with Crippen molar-refractivity contribution >= 4 is 23.0 Å². The number of anilines is 3. The van der Waals surface area contributed by atoms with E-state index in [9.17, 15) is 13.6 Å². The Bertz CT molecular complexity index is 852. The second-order valence-corrected chi connectivity index (χ2v) is 5.01. The molecular weight excluding hydrogens is 312 g/mol. The van der Waals surface area contributed by atoms with Gasteiger partial charge in [-0.05, 0) is 36.4 Å². The number of nitrogens with one attached hydrogen (secondary N) is 2. The summed E-state index contributed by atoms with van der Waals surface area (Å²) in [6.45, 7) is 0. The first kappa shape index (κ1) is 15.6. The molecule has 2 aromatic carbocycles.